The Bertz CT molecular complexity index is 357. The van der Waals surface area contributed by atoms with Crippen LogP contribution in [0.25, 0.3) is 0 Å². The van der Waals surface area contributed by atoms with E-state index in [0.29, 0.717) is 23.1 Å². The zero-order chi connectivity index (χ0) is 11.3. The van der Waals surface area contributed by atoms with Crippen molar-refractivity contribution in [2.45, 2.75) is 12.8 Å². The van der Waals surface area contributed by atoms with E-state index in [9.17, 15) is 9.18 Å². The molecule has 0 fully saturated rings. The minimum atomic E-state index is -0.840. The van der Waals surface area contributed by atoms with Gasteiger partial charge in [-0.05, 0) is 24.6 Å². The van der Waals surface area contributed by atoms with Gasteiger partial charge in [-0.2, -0.15) is 0 Å². The maximum absolute atomic E-state index is 13.2. The maximum Gasteiger partial charge on any atom is 0.303 e. The summed E-state index contributed by atoms with van der Waals surface area (Å²) in [6, 6.07) is 4.70. The Morgan fingerprint density at radius 1 is 1.53 bits per heavy atom. The highest BCUT2D eigenvalue weighted by Crippen LogP contribution is 2.19. The Kier molecular flexibility index (Phi) is 4.55. The van der Waals surface area contributed by atoms with Crippen molar-refractivity contribution in [3.8, 4) is 0 Å². The molecule has 5 heteroatoms. The van der Waals surface area contributed by atoms with E-state index in [-0.39, 0.29) is 12.2 Å². The van der Waals surface area contributed by atoms with E-state index in [0.717, 1.165) is 0 Å². The molecule has 1 aromatic rings. The lowest BCUT2D eigenvalue weighted by atomic mass is 10.2. The summed E-state index contributed by atoms with van der Waals surface area (Å²) in [5, 5.41) is 11.2. The highest BCUT2D eigenvalue weighted by Gasteiger charge is 2.02. The second kappa shape index (κ2) is 5.70. The van der Waals surface area contributed by atoms with Crippen LogP contribution in [0.1, 0.15) is 12.8 Å². The third kappa shape index (κ3) is 4.29. The van der Waals surface area contributed by atoms with Crippen LogP contribution in [0.4, 0.5) is 10.1 Å². The fourth-order valence-electron chi connectivity index (χ4n) is 1.10. The summed E-state index contributed by atoms with van der Waals surface area (Å²) < 4.78 is 13.9. The Morgan fingerprint density at radius 2 is 2.27 bits per heavy atom. The lowest BCUT2D eigenvalue weighted by molar-refractivity contribution is -0.137. The summed E-state index contributed by atoms with van der Waals surface area (Å²) >= 11 is 3.15. The van der Waals surface area contributed by atoms with Crippen molar-refractivity contribution >= 4 is 27.6 Å². The summed E-state index contributed by atoms with van der Waals surface area (Å²) in [6.45, 7) is 0.449. The molecule has 2 N–H and O–H groups in total. The number of hydrogen-bond acceptors (Lipinski definition) is 2. The SMILES string of the molecule is O=C(O)CCCNc1ccc(Br)cc1F. The molecule has 0 aliphatic carbocycles. The largest absolute Gasteiger partial charge is 0.481 e. The molecule has 0 aliphatic heterocycles. The summed E-state index contributed by atoms with van der Waals surface area (Å²) in [5.41, 5.74) is 0.392. The van der Waals surface area contributed by atoms with E-state index in [2.05, 4.69) is 21.2 Å². The highest BCUT2D eigenvalue weighted by molar-refractivity contribution is 9.10. The minimum Gasteiger partial charge on any atom is -0.481 e. The predicted octanol–water partition coefficient (Wildman–Crippen LogP) is 2.86. The lowest BCUT2D eigenvalue weighted by Gasteiger charge is -2.06. The van der Waals surface area contributed by atoms with Crippen LogP contribution in [0.5, 0.6) is 0 Å². The van der Waals surface area contributed by atoms with Crippen molar-refractivity contribution in [3.05, 3.63) is 28.5 Å². The first kappa shape index (κ1) is 12.0. The smallest absolute Gasteiger partial charge is 0.303 e. The predicted molar refractivity (Wildman–Crippen MR) is 59.5 cm³/mol. The van der Waals surface area contributed by atoms with Gasteiger partial charge in [-0.15, -0.1) is 0 Å². The molecule has 0 bridgehead atoms. The van der Waals surface area contributed by atoms with Gasteiger partial charge in [0.15, 0.2) is 0 Å². The molecule has 0 saturated carbocycles. The molecule has 0 unspecified atom stereocenters. The van der Waals surface area contributed by atoms with Crippen LogP contribution in [0, 0.1) is 5.82 Å². The van der Waals surface area contributed by atoms with Gasteiger partial charge in [-0.25, -0.2) is 4.39 Å². The van der Waals surface area contributed by atoms with E-state index in [4.69, 9.17) is 5.11 Å². The lowest BCUT2D eigenvalue weighted by Crippen LogP contribution is -2.05. The van der Waals surface area contributed by atoms with Gasteiger partial charge in [0, 0.05) is 17.4 Å². The van der Waals surface area contributed by atoms with E-state index in [1.165, 1.54) is 6.07 Å². The molecule has 0 radical (unpaired) electrons. The number of carboxylic acid groups (broad SMARTS) is 1. The van der Waals surface area contributed by atoms with Crippen molar-refractivity contribution in [1.82, 2.24) is 0 Å². The monoisotopic (exact) mass is 275 g/mol. The minimum absolute atomic E-state index is 0.0884. The molecule has 0 heterocycles. The van der Waals surface area contributed by atoms with E-state index in [1.54, 1.807) is 12.1 Å². The van der Waals surface area contributed by atoms with Gasteiger partial charge in [0.2, 0.25) is 0 Å². The molecule has 0 aromatic heterocycles. The van der Waals surface area contributed by atoms with Gasteiger partial charge in [-0.1, -0.05) is 15.9 Å². The average Bonchev–Trinajstić information content (AvgIpc) is 2.14. The third-order valence-corrected chi connectivity index (χ3v) is 2.31. The molecule has 15 heavy (non-hydrogen) atoms. The average molecular weight is 276 g/mol. The fourth-order valence-corrected chi connectivity index (χ4v) is 1.43. The Morgan fingerprint density at radius 3 is 2.87 bits per heavy atom. The van der Waals surface area contributed by atoms with Gasteiger partial charge >= 0.3 is 5.97 Å². The molecule has 0 aliphatic rings. The first-order chi connectivity index (χ1) is 7.09. The molecule has 3 nitrogen and oxygen atoms in total. The first-order valence-electron chi connectivity index (χ1n) is 4.50. The first-order valence-corrected chi connectivity index (χ1v) is 5.29. The number of anilines is 1. The highest BCUT2D eigenvalue weighted by atomic mass is 79.9. The second-order valence-electron chi connectivity index (χ2n) is 3.05. The normalized spacial score (nSPS) is 10.0. The zero-order valence-corrected chi connectivity index (χ0v) is 9.55. The molecule has 1 rings (SSSR count). The quantitative estimate of drug-likeness (QED) is 0.813. The van der Waals surface area contributed by atoms with E-state index in [1.807, 2.05) is 0 Å². The number of carbonyl (C=O) groups is 1. The second-order valence-corrected chi connectivity index (χ2v) is 3.96. The maximum atomic E-state index is 13.2. The number of nitrogens with one attached hydrogen (secondary N) is 1. The number of benzene rings is 1. The molecule has 0 spiro atoms. The van der Waals surface area contributed by atoms with Crippen LogP contribution in [0.3, 0.4) is 0 Å². The van der Waals surface area contributed by atoms with Gasteiger partial charge in [0.1, 0.15) is 5.82 Å². The van der Waals surface area contributed by atoms with E-state index < -0.39 is 5.97 Å². The Hall–Kier alpha value is -1.10. The summed E-state index contributed by atoms with van der Waals surface area (Å²) in [5.74, 6) is -1.19. The zero-order valence-electron chi connectivity index (χ0n) is 7.96. The van der Waals surface area contributed by atoms with Crippen molar-refractivity contribution < 1.29 is 14.3 Å². The Balaban J connectivity index is 2.40. The Labute approximate surface area is 95.4 Å². The summed E-state index contributed by atoms with van der Waals surface area (Å²) in [6.07, 6.45) is 0.565. The van der Waals surface area contributed by atoms with Crippen molar-refractivity contribution in [2.75, 3.05) is 11.9 Å². The number of aliphatic carboxylic acids is 1. The number of carboxylic acids is 1. The van der Waals surface area contributed by atoms with Gasteiger partial charge in [0.05, 0.1) is 5.69 Å². The number of rotatable bonds is 5. The molecule has 0 saturated heterocycles. The van der Waals surface area contributed by atoms with Crippen LogP contribution in [0.2, 0.25) is 0 Å². The topological polar surface area (TPSA) is 49.3 Å². The fraction of sp³-hybridized carbons (Fsp3) is 0.300. The third-order valence-electron chi connectivity index (χ3n) is 1.81. The van der Waals surface area contributed by atoms with Gasteiger partial charge in [0.25, 0.3) is 0 Å². The molecule has 0 amide bonds. The van der Waals surface area contributed by atoms with Crippen LogP contribution in [-0.2, 0) is 4.79 Å². The standard InChI is InChI=1S/C10H11BrFNO2/c11-7-3-4-9(8(12)6-7)13-5-1-2-10(14)15/h3-4,6,13H,1-2,5H2,(H,14,15). The van der Waals surface area contributed by atoms with Crippen LogP contribution in [-0.4, -0.2) is 17.6 Å². The summed E-state index contributed by atoms with van der Waals surface area (Å²) in [7, 11) is 0. The molecule has 82 valence electrons. The van der Waals surface area contributed by atoms with Gasteiger partial charge in [-0.3, -0.25) is 4.79 Å². The number of halogens is 2. The molecule has 1 aromatic carbocycles. The molecular weight excluding hydrogens is 265 g/mol. The van der Waals surface area contributed by atoms with Crippen LogP contribution < -0.4 is 5.32 Å². The van der Waals surface area contributed by atoms with Crippen molar-refractivity contribution in [2.24, 2.45) is 0 Å². The number of hydrogen-bond donors (Lipinski definition) is 2. The molecule has 0 atom stereocenters. The molecular formula is C10H11BrFNO2. The van der Waals surface area contributed by atoms with Crippen LogP contribution in [0.15, 0.2) is 22.7 Å². The van der Waals surface area contributed by atoms with Gasteiger partial charge < -0.3 is 10.4 Å². The van der Waals surface area contributed by atoms with E-state index >= 15 is 0 Å². The summed E-state index contributed by atoms with van der Waals surface area (Å²) in [4.78, 5) is 10.2. The van der Waals surface area contributed by atoms with Crippen LogP contribution >= 0.6 is 15.9 Å². The van der Waals surface area contributed by atoms with Crippen molar-refractivity contribution in [3.63, 3.8) is 0 Å². The van der Waals surface area contributed by atoms with Crippen molar-refractivity contribution in [1.29, 1.82) is 0 Å².